The summed E-state index contributed by atoms with van der Waals surface area (Å²) in [6.45, 7) is 1.34. The molecule has 9 heteroatoms. The van der Waals surface area contributed by atoms with Crippen LogP contribution in [0, 0.1) is 0 Å². The zero-order chi connectivity index (χ0) is 18.6. The molecule has 0 saturated heterocycles. The molecule has 2 rings (SSSR count). The number of hydrogen-bond acceptors (Lipinski definition) is 5. The summed E-state index contributed by atoms with van der Waals surface area (Å²) in [6.07, 6.45) is 1.82. The quantitative estimate of drug-likeness (QED) is 0.665. The van der Waals surface area contributed by atoms with Crippen LogP contribution < -0.4 is 15.8 Å². The van der Waals surface area contributed by atoms with Gasteiger partial charge in [0.05, 0.1) is 21.8 Å². The van der Waals surface area contributed by atoms with Crippen molar-refractivity contribution in [3.05, 3.63) is 48.0 Å². The highest BCUT2D eigenvalue weighted by molar-refractivity contribution is 7.98. The number of nitrogens with one attached hydrogen (secondary N) is 2. The smallest absolute Gasteiger partial charge is 0.261 e. The molecule has 7 nitrogen and oxygen atoms in total. The second-order valence-corrected chi connectivity index (χ2v) is 7.59. The van der Waals surface area contributed by atoms with Gasteiger partial charge in [0, 0.05) is 11.8 Å². The van der Waals surface area contributed by atoms with E-state index in [1.165, 1.54) is 43.0 Å². The van der Waals surface area contributed by atoms with E-state index >= 15 is 0 Å². The van der Waals surface area contributed by atoms with Gasteiger partial charge in [-0.15, -0.1) is 11.8 Å². The SMILES string of the molecule is CSc1ccc(S(=O)(=O)Nc2ccccc2C(N)=O)cc1NC(C)=O. The molecular weight excluding hydrogens is 362 g/mol. The zero-order valence-electron chi connectivity index (χ0n) is 13.6. The van der Waals surface area contributed by atoms with Crippen molar-refractivity contribution in [2.24, 2.45) is 5.73 Å². The van der Waals surface area contributed by atoms with Crippen LogP contribution in [0.15, 0.2) is 52.3 Å². The van der Waals surface area contributed by atoms with Crippen molar-refractivity contribution in [2.75, 3.05) is 16.3 Å². The van der Waals surface area contributed by atoms with Gasteiger partial charge in [-0.25, -0.2) is 8.42 Å². The summed E-state index contributed by atoms with van der Waals surface area (Å²) in [6, 6.07) is 10.4. The summed E-state index contributed by atoms with van der Waals surface area (Å²) >= 11 is 1.38. The van der Waals surface area contributed by atoms with Gasteiger partial charge in [0.1, 0.15) is 0 Å². The van der Waals surface area contributed by atoms with Crippen LogP contribution in [-0.4, -0.2) is 26.5 Å². The molecule has 0 saturated carbocycles. The predicted molar refractivity (Wildman–Crippen MR) is 98.3 cm³/mol. The highest BCUT2D eigenvalue weighted by atomic mass is 32.2. The van der Waals surface area contributed by atoms with Gasteiger partial charge in [0.25, 0.3) is 15.9 Å². The third-order valence-corrected chi connectivity index (χ3v) is 5.39. The van der Waals surface area contributed by atoms with Gasteiger partial charge in [0.2, 0.25) is 5.91 Å². The summed E-state index contributed by atoms with van der Waals surface area (Å²) in [7, 11) is -3.97. The Labute approximate surface area is 150 Å². The Morgan fingerprint density at radius 1 is 1.08 bits per heavy atom. The molecular formula is C16H17N3O4S2. The van der Waals surface area contributed by atoms with Crippen molar-refractivity contribution in [1.29, 1.82) is 0 Å². The molecule has 0 spiro atoms. The minimum absolute atomic E-state index is 0.0478. The van der Waals surface area contributed by atoms with Crippen molar-refractivity contribution in [3.63, 3.8) is 0 Å². The van der Waals surface area contributed by atoms with Gasteiger partial charge in [-0.2, -0.15) is 0 Å². The largest absolute Gasteiger partial charge is 0.366 e. The maximum absolute atomic E-state index is 12.6. The average molecular weight is 379 g/mol. The van der Waals surface area contributed by atoms with E-state index < -0.39 is 15.9 Å². The molecule has 0 atom stereocenters. The number of hydrogen-bond donors (Lipinski definition) is 3. The van der Waals surface area contributed by atoms with Crippen LogP contribution in [0.5, 0.6) is 0 Å². The number of thioether (sulfide) groups is 1. The van der Waals surface area contributed by atoms with Gasteiger partial charge in [-0.1, -0.05) is 12.1 Å². The number of nitrogens with two attached hydrogens (primary N) is 1. The highest BCUT2D eigenvalue weighted by Gasteiger charge is 2.19. The van der Waals surface area contributed by atoms with E-state index in [-0.39, 0.29) is 22.1 Å². The number of carbonyl (C=O) groups is 2. The Morgan fingerprint density at radius 2 is 1.76 bits per heavy atom. The molecule has 25 heavy (non-hydrogen) atoms. The predicted octanol–water partition coefficient (Wildman–Crippen LogP) is 2.27. The van der Waals surface area contributed by atoms with Crippen molar-refractivity contribution in [3.8, 4) is 0 Å². The Morgan fingerprint density at radius 3 is 2.36 bits per heavy atom. The van der Waals surface area contributed by atoms with E-state index in [1.807, 2.05) is 6.26 Å². The molecule has 0 fully saturated rings. The molecule has 0 heterocycles. The second kappa shape index (κ2) is 7.58. The van der Waals surface area contributed by atoms with Gasteiger partial charge in [-0.05, 0) is 36.6 Å². The highest BCUT2D eigenvalue weighted by Crippen LogP contribution is 2.29. The summed E-state index contributed by atoms with van der Waals surface area (Å²) in [5.41, 5.74) is 5.81. The van der Waals surface area contributed by atoms with Crippen LogP contribution >= 0.6 is 11.8 Å². The Balaban J connectivity index is 2.43. The fraction of sp³-hybridized carbons (Fsp3) is 0.125. The van der Waals surface area contributed by atoms with Gasteiger partial charge in [0.15, 0.2) is 0 Å². The minimum atomic E-state index is -3.97. The summed E-state index contributed by atoms with van der Waals surface area (Å²) < 4.78 is 27.6. The molecule has 0 bridgehead atoms. The number of rotatable bonds is 6. The molecule has 0 unspecified atom stereocenters. The van der Waals surface area contributed by atoms with Crippen LogP contribution in [0.4, 0.5) is 11.4 Å². The van der Waals surface area contributed by atoms with E-state index in [2.05, 4.69) is 10.0 Å². The third kappa shape index (κ3) is 4.52. The van der Waals surface area contributed by atoms with Crippen molar-refractivity contribution >= 4 is 45.0 Å². The zero-order valence-corrected chi connectivity index (χ0v) is 15.2. The van der Waals surface area contributed by atoms with Crippen LogP contribution in [0.25, 0.3) is 0 Å². The number of para-hydroxylation sites is 1. The lowest BCUT2D eigenvalue weighted by Crippen LogP contribution is -2.19. The first-order chi connectivity index (χ1) is 11.7. The molecule has 0 aromatic heterocycles. The normalized spacial score (nSPS) is 11.0. The van der Waals surface area contributed by atoms with Crippen LogP contribution in [0.2, 0.25) is 0 Å². The molecule has 2 aromatic rings. The molecule has 0 radical (unpaired) electrons. The molecule has 0 aliphatic heterocycles. The second-order valence-electron chi connectivity index (χ2n) is 5.06. The first kappa shape index (κ1) is 18.8. The number of amides is 2. The lowest BCUT2D eigenvalue weighted by molar-refractivity contribution is -0.114. The first-order valence-electron chi connectivity index (χ1n) is 7.12. The molecule has 0 aliphatic rings. The summed E-state index contributed by atoms with van der Waals surface area (Å²) in [5.74, 6) is -1.05. The average Bonchev–Trinajstić information content (AvgIpc) is 2.54. The number of sulfonamides is 1. The van der Waals surface area contributed by atoms with Crippen LogP contribution in [-0.2, 0) is 14.8 Å². The van der Waals surface area contributed by atoms with Crippen molar-refractivity contribution in [2.45, 2.75) is 16.7 Å². The van der Waals surface area contributed by atoms with E-state index in [4.69, 9.17) is 5.73 Å². The number of primary amides is 1. The monoisotopic (exact) mass is 379 g/mol. The Bertz CT molecular complexity index is 927. The lowest BCUT2D eigenvalue weighted by Gasteiger charge is -2.13. The van der Waals surface area contributed by atoms with Crippen LogP contribution in [0.1, 0.15) is 17.3 Å². The van der Waals surface area contributed by atoms with Gasteiger partial charge < -0.3 is 11.1 Å². The lowest BCUT2D eigenvalue weighted by atomic mass is 10.2. The Hall–Kier alpha value is -2.52. The summed E-state index contributed by atoms with van der Waals surface area (Å²) in [4.78, 5) is 23.4. The van der Waals surface area contributed by atoms with Crippen LogP contribution in [0.3, 0.4) is 0 Å². The fourth-order valence-electron chi connectivity index (χ4n) is 2.13. The third-order valence-electron chi connectivity index (χ3n) is 3.23. The van der Waals surface area contributed by atoms with Crippen molar-refractivity contribution in [1.82, 2.24) is 0 Å². The van der Waals surface area contributed by atoms with Crippen molar-refractivity contribution < 1.29 is 18.0 Å². The standard InChI is InChI=1S/C16H17N3O4S2/c1-10(20)18-14-9-11(7-8-15(14)24-2)25(22,23)19-13-6-4-3-5-12(13)16(17)21/h3-9,19H,1-2H3,(H2,17,21)(H,18,20). The van der Waals surface area contributed by atoms with E-state index in [0.29, 0.717) is 5.69 Å². The Kier molecular flexibility index (Phi) is 5.70. The molecule has 2 amide bonds. The summed E-state index contributed by atoms with van der Waals surface area (Å²) in [5, 5.41) is 2.60. The number of anilines is 2. The molecule has 0 aliphatic carbocycles. The molecule has 4 N–H and O–H groups in total. The van der Waals surface area contributed by atoms with Gasteiger partial charge in [-0.3, -0.25) is 14.3 Å². The fourth-order valence-corrected chi connectivity index (χ4v) is 3.77. The topological polar surface area (TPSA) is 118 Å². The maximum Gasteiger partial charge on any atom is 0.261 e. The van der Waals surface area contributed by atoms with E-state index in [1.54, 1.807) is 18.2 Å². The van der Waals surface area contributed by atoms with Gasteiger partial charge >= 0.3 is 0 Å². The number of carbonyl (C=O) groups excluding carboxylic acids is 2. The maximum atomic E-state index is 12.6. The van der Waals surface area contributed by atoms with E-state index in [9.17, 15) is 18.0 Å². The van der Waals surface area contributed by atoms with E-state index in [0.717, 1.165) is 4.90 Å². The molecule has 132 valence electrons. The minimum Gasteiger partial charge on any atom is -0.366 e. The first-order valence-corrected chi connectivity index (χ1v) is 9.82. The molecule has 2 aromatic carbocycles. The number of benzene rings is 2.